The van der Waals surface area contributed by atoms with Crippen molar-refractivity contribution in [1.29, 1.82) is 0 Å². The van der Waals surface area contributed by atoms with E-state index in [1.165, 1.54) is 10.7 Å². The molecule has 2 aromatic heterocycles. The molecule has 1 aromatic carbocycles. The number of rotatable bonds is 6. The Kier molecular flexibility index (Phi) is 7.26. The van der Waals surface area contributed by atoms with E-state index in [1.807, 2.05) is 38.4 Å². The summed E-state index contributed by atoms with van der Waals surface area (Å²) < 4.78 is 6.53. The molecule has 0 unspecified atom stereocenters. The van der Waals surface area contributed by atoms with Crippen LogP contribution in [0.25, 0.3) is 5.65 Å². The van der Waals surface area contributed by atoms with Gasteiger partial charge < -0.3 is 20.7 Å². The highest BCUT2D eigenvalue weighted by Gasteiger charge is 2.10. The van der Waals surface area contributed by atoms with Crippen LogP contribution in [-0.2, 0) is 11.3 Å². The number of methoxy groups -OCH3 is 1. The van der Waals surface area contributed by atoms with Crippen LogP contribution in [-0.4, -0.2) is 48.1 Å². The number of carbonyl (C=O) groups excluding carboxylic acids is 2. The fourth-order valence-electron chi connectivity index (χ4n) is 2.15. The summed E-state index contributed by atoms with van der Waals surface area (Å²) in [6.45, 7) is 0.379. The number of ether oxygens (including phenoxy) is 1. The van der Waals surface area contributed by atoms with Crippen molar-refractivity contribution in [3.05, 3.63) is 53.9 Å². The number of imidazole rings is 1. The van der Waals surface area contributed by atoms with Crippen molar-refractivity contribution in [1.82, 2.24) is 25.2 Å². The van der Waals surface area contributed by atoms with Gasteiger partial charge in [-0.2, -0.15) is 5.10 Å². The van der Waals surface area contributed by atoms with Crippen LogP contribution in [0.1, 0.15) is 16.1 Å². The van der Waals surface area contributed by atoms with Gasteiger partial charge in [-0.1, -0.05) is 12.1 Å². The van der Waals surface area contributed by atoms with Crippen molar-refractivity contribution in [2.45, 2.75) is 6.54 Å². The average molecular weight is 370 g/mol. The monoisotopic (exact) mass is 370 g/mol. The van der Waals surface area contributed by atoms with Crippen LogP contribution in [0.2, 0.25) is 0 Å². The van der Waals surface area contributed by atoms with Gasteiger partial charge in [0.2, 0.25) is 6.41 Å². The number of hydrogen-bond donors (Lipinski definition) is 3. The molecule has 142 valence electrons. The first kappa shape index (κ1) is 19.9. The van der Waals surface area contributed by atoms with Crippen LogP contribution in [0, 0.1) is 0 Å². The maximum atomic E-state index is 12.2. The minimum Gasteiger partial charge on any atom is -0.497 e. The van der Waals surface area contributed by atoms with Crippen molar-refractivity contribution in [2.24, 2.45) is 0 Å². The molecule has 3 N–H and O–H groups in total. The Balaban J connectivity index is 0.000000817. The van der Waals surface area contributed by atoms with E-state index in [-0.39, 0.29) is 11.6 Å². The quantitative estimate of drug-likeness (QED) is 0.560. The molecule has 0 bridgehead atoms. The van der Waals surface area contributed by atoms with E-state index < -0.39 is 0 Å². The van der Waals surface area contributed by atoms with Crippen molar-refractivity contribution in [3.63, 3.8) is 0 Å². The summed E-state index contributed by atoms with van der Waals surface area (Å²) in [4.78, 5) is 26.8. The highest BCUT2D eigenvalue weighted by molar-refractivity contribution is 5.92. The van der Waals surface area contributed by atoms with E-state index in [4.69, 9.17) is 4.74 Å². The summed E-state index contributed by atoms with van der Waals surface area (Å²) in [7, 11) is 5.35. The predicted molar refractivity (Wildman–Crippen MR) is 102 cm³/mol. The third kappa shape index (κ3) is 5.51. The van der Waals surface area contributed by atoms with Crippen molar-refractivity contribution >= 4 is 23.8 Å². The summed E-state index contributed by atoms with van der Waals surface area (Å²) in [6, 6.07) is 10.7. The van der Waals surface area contributed by atoms with Gasteiger partial charge in [-0.15, -0.1) is 0 Å². The molecule has 9 heteroatoms. The Morgan fingerprint density at radius 1 is 1.19 bits per heavy atom. The van der Waals surface area contributed by atoms with Gasteiger partial charge in [0.1, 0.15) is 11.4 Å². The molecule has 0 aliphatic heterocycles. The van der Waals surface area contributed by atoms with Crippen LogP contribution >= 0.6 is 0 Å². The van der Waals surface area contributed by atoms with Gasteiger partial charge in [0.05, 0.1) is 13.3 Å². The largest absolute Gasteiger partial charge is 0.497 e. The lowest BCUT2D eigenvalue weighted by Gasteiger charge is -2.06. The fraction of sp³-hybridized carbons (Fsp3) is 0.222. The third-order valence-corrected chi connectivity index (χ3v) is 3.37. The zero-order valence-corrected chi connectivity index (χ0v) is 15.4. The van der Waals surface area contributed by atoms with Gasteiger partial charge in [-0.3, -0.25) is 9.59 Å². The van der Waals surface area contributed by atoms with E-state index >= 15 is 0 Å². The van der Waals surface area contributed by atoms with Gasteiger partial charge in [-0.25, -0.2) is 9.50 Å². The summed E-state index contributed by atoms with van der Waals surface area (Å²) in [6.07, 6.45) is 2.06. The minimum atomic E-state index is -0.300. The second-order valence-corrected chi connectivity index (χ2v) is 5.44. The van der Waals surface area contributed by atoms with Crippen molar-refractivity contribution in [3.8, 4) is 5.75 Å². The lowest BCUT2D eigenvalue weighted by molar-refractivity contribution is -0.105. The molecule has 3 rings (SSSR count). The molecule has 0 spiro atoms. The van der Waals surface area contributed by atoms with Gasteiger partial charge in [0.25, 0.3) is 5.91 Å². The second-order valence-electron chi connectivity index (χ2n) is 5.44. The standard InChI is InChI=1S/C16H15N5O3.C2H7N/c1-24-12-4-2-11(3-5-12)8-17-16(23)13-6-7-15-19-14(18-10-22)9-21(15)20-13;1-3-2/h2-7,9-10H,8H2,1H3,(H,17,23)(H,18,22);3H,1-2H3. The number of benzene rings is 1. The van der Waals surface area contributed by atoms with Gasteiger partial charge in [-0.05, 0) is 43.9 Å². The summed E-state index contributed by atoms with van der Waals surface area (Å²) >= 11 is 0. The first-order valence-electron chi connectivity index (χ1n) is 8.17. The molecule has 0 saturated heterocycles. The molecule has 27 heavy (non-hydrogen) atoms. The molecule has 0 aliphatic carbocycles. The van der Waals surface area contributed by atoms with Crippen molar-refractivity contribution in [2.75, 3.05) is 26.5 Å². The van der Waals surface area contributed by atoms with E-state index in [0.29, 0.717) is 24.4 Å². The first-order chi connectivity index (χ1) is 13.1. The zero-order chi connectivity index (χ0) is 19.6. The number of nitrogens with zero attached hydrogens (tertiary/aromatic N) is 3. The molecule has 2 heterocycles. The maximum absolute atomic E-state index is 12.2. The number of amides is 2. The molecule has 3 aromatic rings. The fourth-order valence-corrected chi connectivity index (χ4v) is 2.15. The average Bonchev–Trinajstić information content (AvgIpc) is 3.09. The van der Waals surface area contributed by atoms with Gasteiger partial charge in [0.15, 0.2) is 11.5 Å². The number of anilines is 1. The molecule has 0 aliphatic rings. The topological polar surface area (TPSA) is 110 Å². The van der Waals surface area contributed by atoms with Gasteiger partial charge in [0, 0.05) is 6.54 Å². The Morgan fingerprint density at radius 3 is 2.52 bits per heavy atom. The lowest BCUT2D eigenvalue weighted by Crippen LogP contribution is -2.24. The van der Waals surface area contributed by atoms with E-state index in [9.17, 15) is 9.59 Å². The minimum absolute atomic E-state index is 0.256. The SMILES string of the molecule is CNC.COc1ccc(CNC(=O)c2ccc3nc(NC=O)cn3n2)cc1. The third-order valence-electron chi connectivity index (χ3n) is 3.37. The highest BCUT2D eigenvalue weighted by Crippen LogP contribution is 2.11. The normalized spacial score (nSPS) is 9.89. The van der Waals surface area contributed by atoms with Crippen LogP contribution < -0.4 is 20.7 Å². The van der Waals surface area contributed by atoms with Crippen LogP contribution in [0.5, 0.6) is 5.75 Å². The summed E-state index contributed by atoms with van der Waals surface area (Å²) in [5, 5.41) is 12.2. The highest BCUT2D eigenvalue weighted by atomic mass is 16.5. The molecule has 2 amide bonds. The Bertz CT molecular complexity index is 892. The van der Waals surface area contributed by atoms with E-state index in [1.54, 1.807) is 19.2 Å². The molecule has 0 saturated carbocycles. The zero-order valence-electron chi connectivity index (χ0n) is 15.4. The number of hydrogen-bond acceptors (Lipinski definition) is 6. The maximum Gasteiger partial charge on any atom is 0.272 e. The van der Waals surface area contributed by atoms with Crippen LogP contribution in [0.4, 0.5) is 5.82 Å². The van der Waals surface area contributed by atoms with Gasteiger partial charge >= 0.3 is 0 Å². The second kappa shape index (κ2) is 9.88. The number of carbonyl (C=O) groups is 2. The predicted octanol–water partition coefficient (Wildman–Crippen LogP) is 1.07. The molecule has 0 radical (unpaired) electrons. The molecule has 0 fully saturated rings. The summed E-state index contributed by atoms with van der Waals surface area (Å²) in [5.74, 6) is 0.830. The van der Waals surface area contributed by atoms with Crippen LogP contribution in [0.15, 0.2) is 42.6 Å². The number of aromatic nitrogens is 3. The smallest absolute Gasteiger partial charge is 0.272 e. The van der Waals surface area contributed by atoms with Crippen molar-refractivity contribution < 1.29 is 14.3 Å². The summed E-state index contributed by atoms with van der Waals surface area (Å²) in [5.41, 5.74) is 1.74. The number of fused-ring (bicyclic) bond motifs is 1. The number of nitrogens with one attached hydrogen (secondary N) is 3. The molecular weight excluding hydrogens is 348 g/mol. The molecule has 9 nitrogen and oxygen atoms in total. The van der Waals surface area contributed by atoms with E-state index in [2.05, 4.69) is 26.0 Å². The molecule has 0 atom stereocenters. The van der Waals surface area contributed by atoms with Crippen LogP contribution in [0.3, 0.4) is 0 Å². The lowest BCUT2D eigenvalue weighted by atomic mass is 10.2. The first-order valence-corrected chi connectivity index (χ1v) is 8.17. The van der Waals surface area contributed by atoms with E-state index in [0.717, 1.165) is 11.3 Å². The Hall–Kier alpha value is -3.46. The Morgan fingerprint density at radius 2 is 1.89 bits per heavy atom. The molecular formula is C18H22N6O3. The Labute approximate surface area is 156 Å².